The molecule has 0 fully saturated rings. The lowest BCUT2D eigenvalue weighted by Gasteiger charge is -2.26. The van der Waals surface area contributed by atoms with Crippen molar-refractivity contribution in [2.45, 2.75) is 13.0 Å². The van der Waals surface area contributed by atoms with Crippen LogP contribution in [0.2, 0.25) is 5.02 Å². The van der Waals surface area contributed by atoms with Crippen molar-refractivity contribution >= 4 is 40.7 Å². The molecule has 0 bridgehead atoms. The van der Waals surface area contributed by atoms with Crippen LogP contribution in [0, 0.1) is 0 Å². The number of aromatic nitrogens is 1. The summed E-state index contributed by atoms with van der Waals surface area (Å²) in [6.45, 7) is 1.90. The van der Waals surface area contributed by atoms with Gasteiger partial charge in [0.2, 0.25) is 0 Å². The van der Waals surface area contributed by atoms with Gasteiger partial charge in [-0.15, -0.1) is 0 Å². The molecule has 41 heavy (non-hydrogen) atoms. The molecule has 0 spiro atoms. The van der Waals surface area contributed by atoms with Gasteiger partial charge in [0.05, 0.1) is 54.8 Å². The Morgan fingerprint density at radius 1 is 0.976 bits per heavy atom. The Hall–Kier alpha value is -4.34. The number of carbonyl (C=O) groups excluding carboxylic acids is 1. The van der Waals surface area contributed by atoms with Gasteiger partial charge in [-0.2, -0.15) is 0 Å². The van der Waals surface area contributed by atoms with Gasteiger partial charge in [-0.3, -0.25) is 9.36 Å². The number of hydrogen-bond acceptors (Lipinski definition) is 8. The number of halogens is 1. The normalized spacial score (nSPS) is 14.8. The topological polar surface area (TPSA) is 88.4 Å². The van der Waals surface area contributed by atoms with Crippen LogP contribution in [0.25, 0.3) is 11.8 Å². The van der Waals surface area contributed by atoms with Crippen LogP contribution in [0.4, 0.5) is 0 Å². The second-order valence-electron chi connectivity index (χ2n) is 8.94. The summed E-state index contributed by atoms with van der Waals surface area (Å²) in [4.78, 5) is 33.0. The van der Waals surface area contributed by atoms with Crippen molar-refractivity contribution in [2.75, 3.05) is 27.9 Å². The summed E-state index contributed by atoms with van der Waals surface area (Å²) < 4.78 is 23.7. The molecule has 1 aliphatic heterocycles. The highest BCUT2D eigenvalue weighted by molar-refractivity contribution is 7.07. The molecule has 0 N–H and O–H groups in total. The summed E-state index contributed by atoms with van der Waals surface area (Å²) >= 11 is 7.57. The first-order chi connectivity index (χ1) is 19.9. The van der Waals surface area contributed by atoms with Crippen LogP contribution >= 0.6 is 22.9 Å². The predicted molar refractivity (Wildman–Crippen MR) is 159 cm³/mol. The SMILES string of the molecule is CCOC(=O)C1=C(c2ccccc2)N=c2s/c(=C/c3ccc(OC)c(Cl)c3)c(=O)n2[C@@H]1c1ccc(OC)c(OC)c1. The highest BCUT2D eigenvalue weighted by atomic mass is 35.5. The molecule has 1 atom stereocenters. The van der Waals surface area contributed by atoms with Crippen molar-refractivity contribution in [1.29, 1.82) is 0 Å². The molecule has 10 heteroatoms. The molecule has 0 radical (unpaired) electrons. The third kappa shape index (κ3) is 5.38. The van der Waals surface area contributed by atoms with Crippen molar-refractivity contribution in [3.8, 4) is 17.2 Å². The molecule has 3 aromatic carbocycles. The fraction of sp³-hybridized carbons (Fsp3) is 0.194. The van der Waals surface area contributed by atoms with Crippen LogP contribution in [-0.2, 0) is 9.53 Å². The highest BCUT2D eigenvalue weighted by Crippen LogP contribution is 2.38. The van der Waals surface area contributed by atoms with Gasteiger partial charge < -0.3 is 18.9 Å². The maximum Gasteiger partial charge on any atom is 0.338 e. The molecular formula is C31H27ClN2O6S. The first kappa shape index (κ1) is 28.2. The Balaban J connectivity index is 1.82. The summed E-state index contributed by atoms with van der Waals surface area (Å²) in [7, 11) is 4.62. The lowest BCUT2D eigenvalue weighted by molar-refractivity contribution is -0.138. The Labute approximate surface area is 245 Å². The van der Waals surface area contributed by atoms with Gasteiger partial charge in [0.25, 0.3) is 5.56 Å². The van der Waals surface area contributed by atoms with Crippen molar-refractivity contribution in [1.82, 2.24) is 4.57 Å². The first-order valence-electron chi connectivity index (χ1n) is 12.7. The second kappa shape index (κ2) is 12.0. The monoisotopic (exact) mass is 590 g/mol. The number of esters is 1. The number of hydrogen-bond donors (Lipinski definition) is 0. The third-order valence-electron chi connectivity index (χ3n) is 6.57. The van der Waals surface area contributed by atoms with Gasteiger partial charge in [-0.05, 0) is 48.4 Å². The zero-order valence-electron chi connectivity index (χ0n) is 22.8. The van der Waals surface area contributed by atoms with Crippen molar-refractivity contribution in [3.05, 3.63) is 114 Å². The molecule has 210 valence electrons. The van der Waals surface area contributed by atoms with E-state index in [-0.39, 0.29) is 17.7 Å². The number of nitrogens with zero attached hydrogens (tertiary/aromatic N) is 2. The number of rotatable bonds is 8. The summed E-state index contributed by atoms with van der Waals surface area (Å²) in [6, 6.07) is 19.1. The molecule has 5 rings (SSSR count). The lowest BCUT2D eigenvalue weighted by atomic mass is 9.93. The number of ether oxygens (including phenoxy) is 4. The van der Waals surface area contributed by atoms with Gasteiger partial charge in [0.15, 0.2) is 16.3 Å². The largest absolute Gasteiger partial charge is 0.495 e. The fourth-order valence-corrected chi connectivity index (χ4v) is 5.97. The van der Waals surface area contributed by atoms with Crippen molar-refractivity contribution in [2.24, 2.45) is 4.99 Å². The molecule has 1 aromatic heterocycles. The van der Waals surface area contributed by atoms with Gasteiger partial charge in [-0.1, -0.05) is 65.4 Å². The number of fused-ring (bicyclic) bond motifs is 1. The molecule has 0 amide bonds. The summed E-state index contributed by atoms with van der Waals surface area (Å²) in [5.41, 5.74) is 2.45. The second-order valence-corrected chi connectivity index (χ2v) is 10.4. The van der Waals surface area contributed by atoms with Gasteiger partial charge >= 0.3 is 5.97 Å². The smallest absolute Gasteiger partial charge is 0.338 e. The summed E-state index contributed by atoms with van der Waals surface area (Å²) in [6.07, 6.45) is 1.75. The number of benzene rings is 3. The molecule has 0 saturated heterocycles. The summed E-state index contributed by atoms with van der Waals surface area (Å²) in [5.74, 6) is 0.947. The Kier molecular flexibility index (Phi) is 8.28. The number of carbonyl (C=O) groups is 1. The maximum absolute atomic E-state index is 14.1. The molecule has 8 nitrogen and oxygen atoms in total. The van der Waals surface area contributed by atoms with E-state index in [0.29, 0.717) is 42.9 Å². The standard InChI is InChI=1S/C31H27ClN2O6S/c1-5-40-30(36)26-27(19-9-7-6-8-10-19)33-31-34(28(26)20-12-14-23(38-3)24(17-20)39-4)29(35)25(41-31)16-18-11-13-22(37-2)21(32)15-18/h6-17,28H,5H2,1-4H3/b25-16+/t28-/m1/s1. The van der Waals surface area contributed by atoms with Crippen LogP contribution in [0.15, 0.2) is 82.1 Å². The van der Waals surface area contributed by atoms with Crippen molar-refractivity contribution < 1.29 is 23.7 Å². The quantitative estimate of drug-likeness (QED) is 0.278. The predicted octanol–water partition coefficient (Wildman–Crippen LogP) is 4.61. The zero-order chi connectivity index (χ0) is 29.1. The minimum Gasteiger partial charge on any atom is -0.495 e. The number of thiazole rings is 1. The molecule has 0 aliphatic carbocycles. The van der Waals surface area contributed by atoms with E-state index in [2.05, 4.69) is 0 Å². The minimum absolute atomic E-state index is 0.158. The van der Waals surface area contributed by atoms with Crippen LogP contribution in [-0.4, -0.2) is 38.5 Å². The Morgan fingerprint density at radius 2 is 1.68 bits per heavy atom. The van der Waals surface area contributed by atoms with Gasteiger partial charge in [0, 0.05) is 5.56 Å². The average molecular weight is 591 g/mol. The zero-order valence-corrected chi connectivity index (χ0v) is 24.4. The molecule has 0 unspecified atom stereocenters. The highest BCUT2D eigenvalue weighted by Gasteiger charge is 2.35. The van der Waals surface area contributed by atoms with E-state index in [9.17, 15) is 9.59 Å². The van der Waals surface area contributed by atoms with E-state index in [0.717, 1.165) is 11.1 Å². The molecular weight excluding hydrogens is 564 g/mol. The van der Waals surface area contributed by atoms with Crippen LogP contribution < -0.4 is 29.1 Å². The van der Waals surface area contributed by atoms with E-state index >= 15 is 0 Å². The van der Waals surface area contributed by atoms with E-state index < -0.39 is 12.0 Å². The first-order valence-corrected chi connectivity index (χ1v) is 13.9. The minimum atomic E-state index is -0.845. The molecule has 1 aliphatic rings. The Bertz CT molecular complexity index is 1830. The van der Waals surface area contributed by atoms with Gasteiger partial charge in [0.1, 0.15) is 5.75 Å². The van der Waals surface area contributed by atoms with E-state index in [4.69, 9.17) is 35.5 Å². The number of methoxy groups -OCH3 is 3. The van der Waals surface area contributed by atoms with Gasteiger partial charge in [-0.25, -0.2) is 9.79 Å². The van der Waals surface area contributed by atoms with Crippen molar-refractivity contribution in [3.63, 3.8) is 0 Å². The third-order valence-corrected chi connectivity index (χ3v) is 7.85. The van der Waals surface area contributed by atoms with Crippen LogP contribution in [0.3, 0.4) is 0 Å². The summed E-state index contributed by atoms with van der Waals surface area (Å²) in [5, 5.41) is 0.424. The van der Waals surface area contributed by atoms with Crippen LogP contribution in [0.5, 0.6) is 17.2 Å². The van der Waals surface area contributed by atoms with E-state index in [1.54, 1.807) is 57.6 Å². The molecule has 0 saturated carbocycles. The molecule has 2 heterocycles. The van der Waals surface area contributed by atoms with E-state index in [1.165, 1.54) is 23.0 Å². The fourth-order valence-electron chi connectivity index (χ4n) is 4.70. The maximum atomic E-state index is 14.1. The van der Waals surface area contributed by atoms with Crippen LogP contribution in [0.1, 0.15) is 29.7 Å². The van der Waals surface area contributed by atoms with E-state index in [1.807, 2.05) is 36.4 Å². The average Bonchev–Trinajstić information content (AvgIpc) is 3.30. The Morgan fingerprint density at radius 3 is 2.34 bits per heavy atom. The lowest BCUT2D eigenvalue weighted by Crippen LogP contribution is -2.40. The molecule has 4 aromatic rings.